The number of benzene rings is 3. The van der Waals surface area contributed by atoms with Crippen molar-refractivity contribution in [1.82, 2.24) is 0 Å². The number of carbonyl (C=O) groups is 1. The molecule has 0 bridgehead atoms. The largest absolute Gasteiger partial charge is 0.398 e. The number of para-hydroxylation sites is 1. The Morgan fingerprint density at radius 1 is 0.857 bits per heavy atom. The highest BCUT2D eigenvalue weighted by Gasteiger charge is 2.30. The van der Waals surface area contributed by atoms with Crippen LogP contribution in [0.1, 0.15) is 52.0 Å². The number of fused-ring (bicyclic) bond motifs is 2. The molecule has 3 N–H and O–H groups in total. The van der Waals surface area contributed by atoms with Crippen LogP contribution in [0.3, 0.4) is 0 Å². The monoisotopic (exact) mass is 368 g/mol. The van der Waals surface area contributed by atoms with Gasteiger partial charge in [0.2, 0.25) is 0 Å². The maximum absolute atomic E-state index is 13.4. The third-order valence-corrected chi connectivity index (χ3v) is 5.52. The lowest BCUT2D eigenvalue weighted by Crippen LogP contribution is -2.18. The predicted molar refractivity (Wildman–Crippen MR) is 117 cm³/mol. The molecule has 3 aromatic carbocycles. The summed E-state index contributed by atoms with van der Waals surface area (Å²) in [6.45, 7) is 8.53. The second-order valence-corrected chi connectivity index (χ2v) is 7.09. The average Bonchev–Trinajstić information content (AvgIpc) is 2.73. The fraction of sp³-hybridized carbons (Fsp3) is 0.160. The molecule has 140 valence electrons. The van der Waals surface area contributed by atoms with Gasteiger partial charge in [0.25, 0.3) is 0 Å². The zero-order valence-corrected chi connectivity index (χ0v) is 16.3. The summed E-state index contributed by atoms with van der Waals surface area (Å²) in [5.74, 6) is -0.0140. The maximum Gasteiger partial charge on any atom is 0.196 e. The molecule has 3 aromatic rings. The summed E-state index contributed by atoms with van der Waals surface area (Å²) in [5, 5.41) is 3.56. The standard InChI is InChI=1S/C25H24N2O/c1-4-16-9-8-10-17(5-2)24(16)27-21-14-13-20(26)22-15(3)18-11-6-7-12-19(18)25(28)23(21)22/h6-14,27H,3-5,26H2,1-2H3. The topological polar surface area (TPSA) is 55.1 Å². The zero-order valence-electron chi connectivity index (χ0n) is 16.3. The van der Waals surface area contributed by atoms with Crippen molar-refractivity contribution in [1.29, 1.82) is 0 Å². The first-order valence-corrected chi connectivity index (χ1v) is 9.70. The van der Waals surface area contributed by atoms with E-state index in [-0.39, 0.29) is 5.78 Å². The second-order valence-electron chi connectivity index (χ2n) is 7.09. The smallest absolute Gasteiger partial charge is 0.196 e. The molecule has 0 aromatic heterocycles. The van der Waals surface area contributed by atoms with Crippen LogP contribution in [0.4, 0.5) is 17.1 Å². The fourth-order valence-corrected chi connectivity index (χ4v) is 4.04. The minimum absolute atomic E-state index is 0.0140. The number of carbonyl (C=O) groups excluding carboxylic acids is 1. The van der Waals surface area contributed by atoms with Crippen LogP contribution < -0.4 is 11.1 Å². The third kappa shape index (κ3) is 2.71. The molecule has 0 amide bonds. The van der Waals surface area contributed by atoms with E-state index >= 15 is 0 Å². The molecule has 0 unspecified atom stereocenters. The molecule has 1 aliphatic carbocycles. The number of nitrogen functional groups attached to an aromatic ring is 1. The number of aryl methyl sites for hydroxylation is 2. The van der Waals surface area contributed by atoms with Crippen molar-refractivity contribution >= 4 is 28.4 Å². The summed E-state index contributed by atoms with van der Waals surface area (Å²) in [6, 6.07) is 17.7. The number of rotatable bonds is 4. The van der Waals surface area contributed by atoms with Crippen molar-refractivity contribution in [3.8, 4) is 0 Å². The Bertz CT molecular complexity index is 1090. The van der Waals surface area contributed by atoms with Crippen LogP contribution in [0.15, 0.2) is 61.2 Å². The maximum atomic E-state index is 13.4. The Morgan fingerprint density at radius 2 is 1.50 bits per heavy atom. The number of nitrogens with two attached hydrogens (primary N) is 1. The van der Waals surface area contributed by atoms with Crippen LogP contribution in [0.5, 0.6) is 0 Å². The van der Waals surface area contributed by atoms with Crippen LogP contribution in [0.25, 0.3) is 5.57 Å². The number of nitrogens with one attached hydrogen (secondary N) is 1. The van der Waals surface area contributed by atoms with E-state index in [2.05, 4.69) is 43.9 Å². The lowest BCUT2D eigenvalue weighted by molar-refractivity contribution is 0.103. The van der Waals surface area contributed by atoms with E-state index in [0.717, 1.165) is 40.9 Å². The molecule has 0 heterocycles. The molecule has 28 heavy (non-hydrogen) atoms. The first-order valence-electron chi connectivity index (χ1n) is 9.70. The Labute approximate surface area is 165 Å². The highest BCUT2D eigenvalue weighted by Crippen LogP contribution is 2.42. The molecule has 0 saturated heterocycles. The van der Waals surface area contributed by atoms with Crippen molar-refractivity contribution in [3.05, 3.63) is 94.6 Å². The van der Waals surface area contributed by atoms with Crippen molar-refractivity contribution in [2.24, 2.45) is 0 Å². The van der Waals surface area contributed by atoms with Gasteiger partial charge < -0.3 is 11.1 Å². The second kappa shape index (κ2) is 7.01. The van der Waals surface area contributed by atoms with Crippen LogP contribution in [0, 0.1) is 0 Å². The molecule has 3 heteroatoms. The average molecular weight is 368 g/mol. The van der Waals surface area contributed by atoms with Gasteiger partial charge in [-0.25, -0.2) is 0 Å². The molecule has 0 fully saturated rings. The lowest BCUT2D eigenvalue weighted by atomic mass is 9.80. The van der Waals surface area contributed by atoms with Gasteiger partial charge in [0.05, 0.1) is 11.3 Å². The van der Waals surface area contributed by atoms with Gasteiger partial charge in [-0.3, -0.25) is 4.79 Å². The summed E-state index contributed by atoms with van der Waals surface area (Å²) >= 11 is 0. The molecule has 0 aliphatic heterocycles. The van der Waals surface area contributed by atoms with Crippen LogP contribution in [0.2, 0.25) is 0 Å². The van der Waals surface area contributed by atoms with Gasteiger partial charge in [-0.15, -0.1) is 0 Å². The normalized spacial score (nSPS) is 12.5. The Hall–Kier alpha value is -3.33. The first-order chi connectivity index (χ1) is 13.6. The fourth-order valence-electron chi connectivity index (χ4n) is 4.04. The Morgan fingerprint density at radius 3 is 2.14 bits per heavy atom. The molecule has 1 aliphatic rings. The van der Waals surface area contributed by atoms with E-state index in [1.54, 1.807) is 0 Å². The van der Waals surface area contributed by atoms with Crippen LogP contribution in [-0.2, 0) is 12.8 Å². The lowest BCUT2D eigenvalue weighted by Gasteiger charge is -2.26. The highest BCUT2D eigenvalue weighted by molar-refractivity contribution is 6.22. The highest BCUT2D eigenvalue weighted by atomic mass is 16.1. The Kier molecular flexibility index (Phi) is 4.52. The van der Waals surface area contributed by atoms with Gasteiger partial charge in [0, 0.05) is 22.5 Å². The van der Waals surface area contributed by atoms with E-state index in [4.69, 9.17) is 5.73 Å². The summed E-state index contributed by atoms with van der Waals surface area (Å²) in [6.07, 6.45) is 1.83. The van der Waals surface area contributed by atoms with Gasteiger partial charge in [-0.2, -0.15) is 0 Å². The van der Waals surface area contributed by atoms with Crippen molar-refractivity contribution in [3.63, 3.8) is 0 Å². The molecule has 0 radical (unpaired) electrons. The molecule has 0 atom stereocenters. The minimum atomic E-state index is -0.0140. The van der Waals surface area contributed by atoms with E-state index in [0.29, 0.717) is 16.8 Å². The summed E-state index contributed by atoms with van der Waals surface area (Å²) in [5.41, 5.74) is 14.8. The minimum Gasteiger partial charge on any atom is -0.398 e. The molecule has 4 rings (SSSR count). The van der Waals surface area contributed by atoms with Gasteiger partial charge in [-0.1, -0.05) is 62.9 Å². The quantitative estimate of drug-likeness (QED) is 0.451. The molecular formula is C25H24N2O. The van der Waals surface area contributed by atoms with E-state index < -0.39 is 0 Å². The van der Waals surface area contributed by atoms with Gasteiger partial charge >= 0.3 is 0 Å². The SMILES string of the molecule is C=C1c2ccccc2C(=O)c2c(Nc3c(CC)cccc3CC)ccc(N)c21. The van der Waals surface area contributed by atoms with E-state index in [1.807, 2.05) is 36.4 Å². The summed E-state index contributed by atoms with van der Waals surface area (Å²) in [7, 11) is 0. The van der Waals surface area contributed by atoms with Crippen molar-refractivity contribution in [2.75, 3.05) is 11.1 Å². The molecule has 3 nitrogen and oxygen atoms in total. The zero-order chi connectivity index (χ0) is 19.8. The predicted octanol–water partition coefficient (Wildman–Crippen LogP) is 5.74. The van der Waals surface area contributed by atoms with Gasteiger partial charge in [0.15, 0.2) is 5.78 Å². The molecule has 0 spiro atoms. The Balaban J connectivity index is 1.91. The molecule has 0 saturated carbocycles. The third-order valence-electron chi connectivity index (χ3n) is 5.52. The van der Waals surface area contributed by atoms with Crippen LogP contribution >= 0.6 is 0 Å². The van der Waals surface area contributed by atoms with Gasteiger partial charge in [0.1, 0.15) is 0 Å². The number of ketones is 1. The van der Waals surface area contributed by atoms with Gasteiger partial charge in [-0.05, 0) is 47.2 Å². The number of hydrogen-bond acceptors (Lipinski definition) is 3. The summed E-state index contributed by atoms with van der Waals surface area (Å²) in [4.78, 5) is 13.4. The number of hydrogen-bond donors (Lipinski definition) is 2. The van der Waals surface area contributed by atoms with Crippen molar-refractivity contribution in [2.45, 2.75) is 26.7 Å². The van der Waals surface area contributed by atoms with Crippen molar-refractivity contribution < 1.29 is 4.79 Å². The molecular weight excluding hydrogens is 344 g/mol. The number of anilines is 3. The van der Waals surface area contributed by atoms with Crippen LogP contribution in [-0.4, -0.2) is 5.78 Å². The van der Waals surface area contributed by atoms with E-state index in [9.17, 15) is 4.79 Å². The van der Waals surface area contributed by atoms with E-state index in [1.165, 1.54) is 11.1 Å². The first kappa shape index (κ1) is 18.1. The summed E-state index contributed by atoms with van der Waals surface area (Å²) < 4.78 is 0.